The largest absolute Gasteiger partial charge is 0.379 e. The van der Waals surface area contributed by atoms with E-state index in [9.17, 15) is 13.2 Å². The Bertz CT molecular complexity index is 670. The van der Waals surface area contributed by atoms with Gasteiger partial charge in [0, 0.05) is 25.3 Å². The van der Waals surface area contributed by atoms with Crippen molar-refractivity contribution in [3.05, 3.63) is 59.4 Å². The van der Waals surface area contributed by atoms with Crippen LogP contribution in [0.4, 0.5) is 24.5 Å². The highest BCUT2D eigenvalue weighted by Crippen LogP contribution is 2.24. The molecule has 1 N–H and O–H groups in total. The maximum absolute atomic E-state index is 13.6. The van der Waals surface area contributed by atoms with Crippen molar-refractivity contribution in [2.24, 2.45) is 0 Å². The number of hydrogen-bond acceptors (Lipinski definition) is 3. The molecule has 3 nitrogen and oxygen atoms in total. The Balaban J connectivity index is 1.66. The van der Waals surface area contributed by atoms with Gasteiger partial charge in [-0.1, -0.05) is 12.1 Å². The first-order chi connectivity index (χ1) is 11.1. The lowest BCUT2D eigenvalue weighted by Crippen LogP contribution is -2.35. The van der Waals surface area contributed by atoms with Gasteiger partial charge in [0.2, 0.25) is 0 Å². The van der Waals surface area contributed by atoms with E-state index in [2.05, 4.69) is 10.2 Å². The second-order valence-corrected chi connectivity index (χ2v) is 5.43. The molecule has 2 aromatic rings. The molecule has 0 bridgehead atoms. The van der Waals surface area contributed by atoms with Gasteiger partial charge < -0.3 is 10.1 Å². The summed E-state index contributed by atoms with van der Waals surface area (Å²) in [5.74, 6) is -3.89. The lowest BCUT2D eigenvalue weighted by atomic mass is 10.1. The third-order valence-corrected chi connectivity index (χ3v) is 3.78. The SMILES string of the molecule is Fc1ccc(Nc2ccc(CN3CCOCC3)cc2)c(F)c1F. The van der Waals surface area contributed by atoms with Gasteiger partial charge in [0.15, 0.2) is 17.5 Å². The molecule has 1 aliphatic heterocycles. The predicted octanol–water partition coefficient (Wildman–Crippen LogP) is 3.68. The number of halogens is 3. The van der Waals surface area contributed by atoms with Gasteiger partial charge >= 0.3 is 0 Å². The highest BCUT2D eigenvalue weighted by molar-refractivity contribution is 5.60. The van der Waals surface area contributed by atoms with Gasteiger partial charge in [-0.2, -0.15) is 0 Å². The number of nitrogens with one attached hydrogen (secondary N) is 1. The van der Waals surface area contributed by atoms with E-state index in [1.807, 2.05) is 12.1 Å². The number of hydrogen-bond donors (Lipinski definition) is 1. The summed E-state index contributed by atoms with van der Waals surface area (Å²) in [7, 11) is 0. The molecule has 23 heavy (non-hydrogen) atoms. The van der Waals surface area contributed by atoms with E-state index in [0.29, 0.717) is 5.69 Å². The number of nitrogens with zero attached hydrogens (tertiary/aromatic N) is 1. The average Bonchev–Trinajstić information content (AvgIpc) is 2.58. The molecule has 0 aromatic heterocycles. The molecule has 1 aliphatic rings. The van der Waals surface area contributed by atoms with Crippen molar-refractivity contribution in [1.29, 1.82) is 0 Å². The van der Waals surface area contributed by atoms with Crippen molar-refractivity contribution in [3.63, 3.8) is 0 Å². The van der Waals surface area contributed by atoms with E-state index in [-0.39, 0.29) is 5.69 Å². The fraction of sp³-hybridized carbons (Fsp3) is 0.294. The first-order valence-electron chi connectivity index (χ1n) is 7.43. The quantitative estimate of drug-likeness (QED) is 0.869. The topological polar surface area (TPSA) is 24.5 Å². The lowest BCUT2D eigenvalue weighted by molar-refractivity contribution is 0.0342. The molecule has 0 radical (unpaired) electrons. The van der Waals surface area contributed by atoms with Crippen molar-refractivity contribution in [2.45, 2.75) is 6.54 Å². The molecule has 1 heterocycles. The highest BCUT2D eigenvalue weighted by Gasteiger charge is 2.14. The fourth-order valence-corrected chi connectivity index (χ4v) is 2.49. The molecule has 0 aliphatic carbocycles. The second-order valence-electron chi connectivity index (χ2n) is 5.43. The van der Waals surface area contributed by atoms with Crippen LogP contribution < -0.4 is 5.32 Å². The summed E-state index contributed by atoms with van der Waals surface area (Å²) < 4.78 is 45.1. The molecule has 0 amide bonds. The molecule has 0 spiro atoms. The van der Waals surface area contributed by atoms with E-state index >= 15 is 0 Å². The van der Waals surface area contributed by atoms with Crippen LogP contribution in [0, 0.1) is 17.5 Å². The van der Waals surface area contributed by atoms with Crippen molar-refractivity contribution in [3.8, 4) is 0 Å². The summed E-state index contributed by atoms with van der Waals surface area (Å²) in [5.41, 5.74) is 1.65. The van der Waals surface area contributed by atoms with Gasteiger partial charge in [0.25, 0.3) is 0 Å². The van der Waals surface area contributed by atoms with Crippen molar-refractivity contribution < 1.29 is 17.9 Å². The molecule has 0 unspecified atom stereocenters. The van der Waals surface area contributed by atoms with Gasteiger partial charge in [0.1, 0.15) is 0 Å². The minimum absolute atomic E-state index is 0.0928. The number of anilines is 2. The van der Waals surface area contributed by atoms with Gasteiger partial charge in [0.05, 0.1) is 18.9 Å². The summed E-state index contributed by atoms with van der Waals surface area (Å²) in [4.78, 5) is 2.29. The zero-order chi connectivity index (χ0) is 16.2. The van der Waals surface area contributed by atoms with Crippen LogP contribution in [0.5, 0.6) is 0 Å². The lowest BCUT2D eigenvalue weighted by Gasteiger charge is -2.26. The molecule has 2 aromatic carbocycles. The second kappa shape index (κ2) is 7.02. The highest BCUT2D eigenvalue weighted by atomic mass is 19.2. The predicted molar refractivity (Wildman–Crippen MR) is 82.1 cm³/mol. The zero-order valence-corrected chi connectivity index (χ0v) is 12.5. The van der Waals surface area contributed by atoms with E-state index in [1.165, 1.54) is 6.07 Å². The Labute approximate surface area is 132 Å². The van der Waals surface area contributed by atoms with E-state index < -0.39 is 17.5 Å². The molecule has 122 valence electrons. The van der Waals surface area contributed by atoms with Gasteiger partial charge in [-0.05, 0) is 29.8 Å². The molecule has 0 saturated carbocycles. The minimum Gasteiger partial charge on any atom is -0.379 e. The maximum Gasteiger partial charge on any atom is 0.196 e. The third-order valence-electron chi connectivity index (χ3n) is 3.78. The number of benzene rings is 2. The molecule has 6 heteroatoms. The van der Waals surface area contributed by atoms with Crippen molar-refractivity contribution >= 4 is 11.4 Å². The fourth-order valence-electron chi connectivity index (χ4n) is 2.49. The molecule has 1 saturated heterocycles. The van der Waals surface area contributed by atoms with Crippen LogP contribution in [0.25, 0.3) is 0 Å². The Morgan fingerprint density at radius 1 is 0.913 bits per heavy atom. The van der Waals surface area contributed by atoms with Crippen LogP contribution in [0.1, 0.15) is 5.56 Å². The third kappa shape index (κ3) is 3.83. The maximum atomic E-state index is 13.6. The van der Waals surface area contributed by atoms with Crippen LogP contribution >= 0.6 is 0 Å². The van der Waals surface area contributed by atoms with E-state index in [0.717, 1.165) is 44.5 Å². The van der Waals surface area contributed by atoms with Crippen LogP contribution in [0.3, 0.4) is 0 Å². The van der Waals surface area contributed by atoms with Crippen LogP contribution in [0.15, 0.2) is 36.4 Å². The molecule has 3 rings (SSSR count). The molecular formula is C17H17F3N2O. The average molecular weight is 322 g/mol. The minimum atomic E-state index is -1.47. The number of morpholine rings is 1. The van der Waals surface area contributed by atoms with Crippen LogP contribution in [-0.4, -0.2) is 31.2 Å². The van der Waals surface area contributed by atoms with E-state index in [4.69, 9.17) is 4.74 Å². The smallest absolute Gasteiger partial charge is 0.196 e. The summed E-state index contributed by atoms with van der Waals surface area (Å²) >= 11 is 0. The van der Waals surface area contributed by atoms with Crippen LogP contribution in [-0.2, 0) is 11.3 Å². The van der Waals surface area contributed by atoms with Gasteiger partial charge in [-0.3, -0.25) is 4.90 Å². The Morgan fingerprint density at radius 2 is 1.61 bits per heavy atom. The van der Waals surface area contributed by atoms with Crippen molar-refractivity contribution in [2.75, 3.05) is 31.6 Å². The molecule has 1 fully saturated rings. The summed E-state index contributed by atoms with van der Waals surface area (Å²) in [6.07, 6.45) is 0. The normalized spacial score (nSPS) is 15.6. The molecular weight excluding hydrogens is 305 g/mol. The Kier molecular flexibility index (Phi) is 4.83. The van der Waals surface area contributed by atoms with Gasteiger partial charge in [-0.25, -0.2) is 13.2 Å². The molecule has 0 atom stereocenters. The zero-order valence-electron chi connectivity index (χ0n) is 12.5. The Morgan fingerprint density at radius 3 is 2.30 bits per heavy atom. The Hall–Kier alpha value is -2.05. The summed E-state index contributed by atoms with van der Waals surface area (Å²) in [6.45, 7) is 4.12. The monoisotopic (exact) mass is 322 g/mol. The van der Waals surface area contributed by atoms with Crippen LogP contribution in [0.2, 0.25) is 0 Å². The first kappa shape index (κ1) is 15.8. The summed E-state index contributed by atoms with van der Waals surface area (Å²) in [6, 6.07) is 9.50. The standard InChI is InChI=1S/C17H17F3N2O/c18-14-5-6-15(17(20)16(14)19)21-13-3-1-12(2-4-13)11-22-7-9-23-10-8-22/h1-6,21H,7-11H2. The van der Waals surface area contributed by atoms with Crippen molar-refractivity contribution in [1.82, 2.24) is 4.90 Å². The van der Waals surface area contributed by atoms with Gasteiger partial charge in [-0.15, -0.1) is 0 Å². The van der Waals surface area contributed by atoms with E-state index in [1.54, 1.807) is 12.1 Å². The number of rotatable bonds is 4. The first-order valence-corrected chi connectivity index (χ1v) is 7.43. The summed E-state index contributed by atoms with van der Waals surface area (Å²) in [5, 5.41) is 2.76. The number of ether oxygens (including phenoxy) is 1.